The predicted molar refractivity (Wildman–Crippen MR) is 432 cm³/mol. The zero-order valence-corrected chi connectivity index (χ0v) is 67.4. The maximum Gasteiger partial charge on any atom is 0.245 e. The number of aliphatic hydroxyl groups is 3. The number of quaternary nitrogens is 1. The largest absolute Gasteiger partial charge is 0.398 e. The number of aromatic amines is 1. The van der Waals surface area contributed by atoms with E-state index in [4.69, 9.17) is 28.7 Å². The fraction of sp³-hybridized carbons (Fsp3) is 0.590. The van der Waals surface area contributed by atoms with Crippen LogP contribution < -0.4 is 98.2 Å². The summed E-state index contributed by atoms with van der Waals surface area (Å²) in [4.78, 5) is 206. The Morgan fingerprint density at radius 3 is 1.85 bits per heavy atom. The second-order valence-corrected chi connectivity index (χ2v) is 29.1. The van der Waals surface area contributed by atoms with Gasteiger partial charge in [-0.2, -0.15) is 0 Å². The summed E-state index contributed by atoms with van der Waals surface area (Å²) >= 11 is 0. The molecular formula is C78H124N21O18+. The van der Waals surface area contributed by atoms with Crippen LogP contribution in [0.2, 0.25) is 0 Å². The number of nitrogens with two attached hydrogens (primary N) is 5. The number of benzene rings is 2. The number of hydrogen-bond acceptors (Lipinski definition) is 21. The Hall–Kier alpha value is -11.2. The number of carbonyl (C=O) groups excluding carboxylic acids is 15. The highest BCUT2D eigenvalue weighted by atomic mass is 16.3. The number of hydrogen-bond donors (Lipinski definition) is 22. The number of nitrogens with one attached hydrogen (secondary N) is 13. The lowest BCUT2D eigenvalue weighted by atomic mass is 10.0. The summed E-state index contributed by atoms with van der Waals surface area (Å²) in [7, 11) is 1.55. The van der Waals surface area contributed by atoms with E-state index < -0.39 is 163 Å². The van der Waals surface area contributed by atoms with Crippen molar-refractivity contribution >= 4 is 105 Å². The van der Waals surface area contributed by atoms with E-state index in [1.165, 1.54) is 24.4 Å². The zero-order chi connectivity index (χ0) is 86.5. The van der Waals surface area contributed by atoms with E-state index in [0.717, 1.165) is 49.4 Å². The number of guanidine groups is 1. The summed E-state index contributed by atoms with van der Waals surface area (Å²) in [6, 6.07) is 2.35. The number of unbranched alkanes of at least 4 members (excludes halogenated alkanes) is 7. The third-order valence-corrected chi connectivity index (χ3v) is 19.7. The Morgan fingerprint density at radius 2 is 1.21 bits per heavy atom. The number of Topliss-reactive ketones (excluding diaryl/α,β-unsaturated/α-hetero) is 1. The maximum atomic E-state index is 14.4. The van der Waals surface area contributed by atoms with E-state index in [9.17, 15) is 87.2 Å². The van der Waals surface area contributed by atoms with E-state index >= 15 is 0 Å². The minimum atomic E-state index is -1.56. The highest BCUT2D eigenvalue weighted by Crippen LogP contribution is 2.23. The number of amides is 14. The van der Waals surface area contributed by atoms with Gasteiger partial charge < -0.3 is 123 Å². The van der Waals surface area contributed by atoms with Gasteiger partial charge in [0.1, 0.15) is 60.6 Å². The molecule has 2 saturated heterocycles. The van der Waals surface area contributed by atoms with Crippen LogP contribution in [0.5, 0.6) is 0 Å². The first-order valence-electron chi connectivity index (χ1n) is 40.0. The van der Waals surface area contributed by atoms with Crippen LogP contribution in [0.4, 0.5) is 0 Å². The van der Waals surface area contributed by atoms with Crippen molar-refractivity contribution in [3.63, 3.8) is 0 Å². The summed E-state index contributed by atoms with van der Waals surface area (Å²) in [5.74, 6) is -10.8. The first-order chi connectivity index (χ1) is 55.9. The number of aromatic nitrogens is 1. The number of primary amides is 2. The maximum absolute atomic E-state index is 14.4. The van der Waals surface area contributed by atoms with Crippen LogP contribution in [0.25, 0.3) is 10.9 Å². The smallest absolute Gasteiger partial charge is 0.245 e. The van der Waals surface area contributed by atoms with Crippen molar-refractivity contribution in [2.45, 2.75) is 247 Å². The van der Waals surface area contributed by atoms with Crippen molar-refractivity contribution in [1.82, 2.24) is 73.7 Å². The van der Waals surface area contributed by atoms with Gasteiger partial charge in [0, 0.05) is 81.7 Å². The van der Waals surface area contributed by atoms with Gasteiger partial charge >= 0.3 is 0 Å². The van der Waals surface area contributed by atoms with Crippen molar-refractivity contribution in [2.24, 2.45) is 33.7 Å². The molecule has 2 aliphatic heterocycles. The number of nitrogens with zero attached hydrogens (tertiary/aromatic N) is 2. The van der Waals surface area contributed by atoms with E-state index in [2.05, 4.69) is 86.4 Å². The molecule has 3 heterocycles. The van der Waals surface area contributed by atoms with Crippen molar-refractivity contribution < 1.29 is 93.0 Å². The van der Waals surface area contributed by atoms with Gasteiger partial charge in [-0.3, -0.25) is 76.9 Å². The number of fused-ring (bicyclic) bond motifs is 2. The topological polar surface area (TPSA) is 650 Å². The predicted octanol–water partition coefficient (Wildman–Crippen LogP) is -4.81. The Balaban J connectivity index is 0.000000500. The molecule has 117 heavy (non-hydrogen) atoms. The van der Waals surface area contributed by atoms with Gasteiger partial charge in [0.15, 0.2) is 11.7 Å². The van der Waals surface area contributed by atoms with Gasteiger partial charge in [0.25, 0.3) is 0 Å². The summed E-state index contributed by atoms with van der Waals surface area (Å²) in [6.45, 7) is 3.33. The van der Waals surface area contributed by atoms with Crippen LogP contribution in [0.3, 0.4) is 0 Å². The Kier molecular flexibility index (Phi) is 44.6. The van der Waals surface area contributed by atoms with Crippen LogP contribution in [0.1, 0.15) is 173 Å². The van der Waals surface area contributed by atoms with Crippen molar-refractivity contribution in [3.05, 3.63) is 83.8 Å². The second-order valence-electron chi connectivity index (χ2n) is 29.1. The molecule has 39 nitrogen and oxygen atoms in total. The number of para-hydroxylation sites is 1. The number of ketones is 1. The molecule has 1 aromatic heterocycles. The number of aliphatic hydroxyl groups excluding tert-OH is 3. The molecule has 12 atom stereocenters. The summed E-state index contributed by atoms with van der Waals surface area (Å²) < 4.78 is 0. The van der Waals surface area contributed by atoms with E-state index in [-0.39, 0.29) is 126 Å². The molecule has 0 spiro atoms. The number of rotatable bonds is 40. The second kappa shape index (κ2) is 53.1. The molecule has 0 unspecified atom stereocenters. The van der Waals surface area contributed by atoms with Gasteiger partial charge in [0.2, 0.25) is 82.7 Å². The minimum absolute atomic E-state index is 0.00470. The van der Waals surface area contributed by atoms with Gasteiger partial charge in [-0.15, -0.1) is 0 Å². The Morgan fingerprint density at radius 1 is 0.632 bits per heavy atom. The van der Waals surface area contributed by atoms with E-state index in [0.29, 0.717) is 43.2 Å². The van der Waals surface area contributed by atoms with Gasteiger partial charge in [0.05, 0.1) is 43.6 Å². The van der Waals surface area contributed by atoms with Crippen LogP contribution in [-0.2, 0) is 84.8 Å². The molecular weight excluding hydrogens is 1520 g/mol. The molecule has 2 fully saturated rings. The van der Waals surface area contributed by atoms with Crippen LogP contribution in [0, 0.1) is 0 Å². The summed E-state index contributed by atoms with van der Waals surface area (Å²) in [5, 5.41) is 62.3. The highest BCUT2D eigenvalue weighted by molar-refractivity contribution is 5.99. The van der Waals surface area contributed by atoms with Crippen LogP contribution in [-0.4, -0.2) is 239 Å². The normalized spacial score (nSPS) is 20.0. The third kappa shape index (κ3) is 35.9. The number of carbonyl (C=O) groups is 15. The molecule has 29 N–H and O–H groups in total. The lowest BCUT2D eigenvalue weighted by Crippen LogP contribution is -2.60. The number of H-pyrrole nitrogens is 1. The van der Waals surface area contributed by atoms with Gasteiger partial charge in [-0.25, -0.2) is 0 Å². The number of likely N-dealkylation sites (N-methyl/N-ethyl adjacent to an activating group) is 1. The zero-order valence-electron chi connectivity index (χ0n) is 67.4. The summed E-state index contributed by atoms with van der Waals surface area (Å²) in [5.41, 5.74) is 33.7. The lowest BCUT2D eigenvalue weighted by molar-refractivity contribution is -0.276. The molecule has 2 aromatic carbocycles. The fourth-order valence-corrected chi connectivity index (χ4v) is 13.0. The molecule has 2 aliphatic rings. The highest BCUT2D eigenvalue weighted by Gasteiger charge is 2.43. The first-order valence-corrected chi connectivity index (χ1v) is 40.0. The standard InChI is InChI=1S/C43H60N12O8.C35H63N9O10/c1-47-32-16-17-36(57)48-18-8-7-14-30(37(44)58)51-40(61)34(21-26-23-50-29-13-6-5-12-28(26)29)53-38(59)31(15-9-19-49-43(45)46)52-39(60)33(20-25-10-3-2-4-11-25)54-41(62)35-22-27(56)24-55(35)42(32)63;1-4-6-8-9-10-11-12-14-30(49)39-19-31(50)40-27(20-45)34(53)42-25(15-16-29(38)48)32(51)43-26(17-23(37)18-36)33(52)44-28(21-46)35(54)41-24(22(3)47)13-7-5-2/h2-6,10-13,23,27,30-35,47,50,56H,7-9,14-22,24H2,1H3,(H2,44,58)(H,48,57)(H,51,61)(H,52,60)(H,53,59)(H,54,62)(H4,45,46,49);18,24-28,45-46H,4-17,19-21,36-37H2,1-3H3,(H2,38,48)(H,39,49)(H,40,50)(H,41,54)(H,42,53)(H,43,51)(H,44,52)/p+1/b;23-18-/t27-,30+,31+,32+,33-,34+,35+;24-,25+,26-,27-,28-/m10/s1. The quantitative estimate of drug-likeness (QED) is 0.0144. The molecule has 0 radical (unpaired) electrons. The molecule has 0 aliphatic carbocycles. The third-order valence-electron chi connectivity index (χ3n) is 19.7. The first kappa shape index (κ1) is 98.2. The average Bonchev–Trinajstić information content (AvgIpc) is 1.69. The molecule has 0 bridgehead atoms. The molecule has 14 amide bonds. The molecule has 39 heteroatoms. The fourth-order valence-electron chi connectivity index (χ4n) is 13.0. The monoisotopic (exact) mass is 1640 g/mol. The number of aliphatic imine (C=N–C) groups is 1. The van der Waals surface area contributed by atoms with Crippen molar-refractivity contribution in [1.29, 1.82) is 0 Å². The average molecular weight is 1640 g/mol. The summed E-state index contributed by atoms with van der Waals surface area (Å²) in [6.07, 6.45) is 11.1. The molecule has 5 rings (SSSR count). The Labute approximate surface area is 680 Å². The molecule has 3 aromatic rings. The molecule has 0 saturated carbocycles. The van der Waals surface area contributed by atoms with E-state index in [1.807, 2.05) is 31.2 Å². The molecule has 648 valence electrons. The Bertz CT molecular complexity index is 3840. The van der Waals surface area contributed by atoms with E-state index in [1.54, 1.807) is 43.6 Å². The van der Waals surface area contributed by atoms with Crippen LogP contribution >= 0.6 is 0 Å². The lowest BCUT2D eigenvalue weighted by Gasteiger charge is -2.30. The minimum Gasteiger partial charge on any atom is -0.398 e. The van der Waals surface area contributed by atoms with Crippen molar-refractivity contribution in [2.75, 3.05) is 46.4 Å². The van der Waals surface area contributed by atoms with Gasteiger partial charge in [-0.1, -0.05) is 114 Å². The van der Waals surface area contributed by atoms with Gasteiger partial charge in [-0.05, 0) is 89.0 Å². The van der Waals surface area contributed by atoms with Crippen molar-refractivity contribution in [3.8, 4) is 0 Å². The van der Waals surface area contributed by atoms with Crippen LogP contribution in [0.15, 0.2) is 77.7 Å². The SMILES string of the molecule is CCCCCCCCCC(=O)NCC(=O)N[C@@H](CO)C(=O)N[C@H](CCC(N)=O)C(=O)N[C@@H](C/C(N)=C/[NH3+])C(=O)N[C@@H](CO)C(=O)N[C@@H](CCCC)C(C)=O.CN[C@H]1CCC(=O)NCCCC[C@@H](C(N)=O)NC(=O)[C@H](Cc2c[nH]c3ccccc23)NC(=O)[C@H](CCCN=C(N)N)NC(=O)[C@@H](Cc2ccccc2)NC(=O)[C@@H]2C[C@@H](O)CN2C1=O.